The Bertz CT molecular complexity index is 712. The molecule has 20 heavy (non-hydrogen) atoms. The van der Waals surface area contributed by atoms with Crippen molar-refractivity contribution >= 4 is 17.0 Å². The van der Waals surface area contributed by atoms with Gasteiger partial charge < -0.3 is 9.73 Å². The molecule has 0 atom stereocenters. The highest BCUT2D eigenvalue weighted by Gasteiger charge is 2.07. The SMILES string of the molecule is CC(=O)NCc1ccc(-c2nc3ccccc3o2)cc1. The minimum Gasteiger partial charge on any atom is -0.436 e. The summed E-state index contributed by atoms with van der Waals surface area (Å²) in [5, 5.41) is 2.76. The molecule has 1 N–H and O–H groups in total. The molecule has 0 fully saturated rings. The number of nitrogens with zero attached hydrogens (tertiary/aromatic N) is 1. The van der Waals surface area contributed by atoms with Crippen LogP contribution in [0.25, 0.3) is 22.6 Å². The van der Waals surface area contributed by atoms with Gasteiger partial charge in [-0.05, 0) is 29.8 Å². The molecular weight excluding hydrogens is 252 g/mol. The third kappa shape index (κ3) is 2.54. The zero-order valence-corrected chi connectivity index (χ0v) is 11.1. The monoisotopic (exact) mass is 266 g/mol. The Balaban J connectivity index is 1.85. The standard InChI is InChI=1S/C16H14N2O2/c1-11(19)17-10-12-6-8-13(9-7-12)16-18-14-4-2-3-5-15(14)20-16/h2-9H,10H2,1H3,(H,17,19). The summed E-state index contributed by atoms with van der Waals surface area (Å²) in [6.45, 7) is 2.04. The van der Waals surface area contributed by atoms with Gasteiger partial charge in [0.1, 0.15) is 5.52 Å². The molecule has 100 valence electrons. The Morgan fingerprint density at radius 3 is 2.60 bits per heavy atom. The van der Waals surface area contributed by atoms with Gasteiger partial charge in [0.2, 0.25) is 11.8 Å². The van der Waals surface area contributed by atoms with Crippen molar-refractivity contribution in [2.24, 2.45) is 0 Å². The maximum absolute atomic E-state index is 10.9. The third-order valence-corrected chi connectivity index (χ3v) is 3.04. The summed E-state index contributed by atoms with van der Waals surface area (Å²) in [5.41, 5.74) is 3.60. The first kappa shape index (κ1) is 12.4. The molecule has 1 amide bonds. The average Bonchev–Trinajstić information content (AvgIpc) is 2.89. The normalized spacial score (nSPS) is 10.7. The van der Waals surface area contributed by atoms with E-state index >= 15 is 0 Å². The van der Waals surface area contributed by atoms with E-state index in [-0.39, 0.29) is 5.91 Å². The van der Waals surface area contributed by atoms with Crippen molar-refractivity contribution in [3.05, 3.63) is 54.1 Å². The summed E-state index contributed by atoms with van der Waals surface area (Å²) in [5.74, 6) is 0.574. The van der Waals surface area contributed by atoms with Crippen LogP contribution in [0.5, 0.6) is 0 Å². The number of oxazole rings is 1. The number of aromatic nitrogens is 1. The van der Waals surface area contributed by atoms with Crippen LogP contribution in [0.1, 0.15) is 12.5 Å². The highest BCUT2D eigenvalue weighted by Crippen LogP contribution is 2.24. The molecule has 0 aliphatic heterocycles. The van der Waals surface area contributed by atoms with Crippen LogP contribution in [-0.2, 0) is 11.3 Å². The minimum absolute atomic E-state index is 0.0342. The number of hydrogen-bond donors (Lipinski definition) is 1. The van der Waals surface area contributed by atoms with Crippen LogP contribution in [0.15, 0.2) is 52.9 Å². The van der Waals surface area contributed by atoms with Gasteiger partial charge >= 0.3 is 0 Å². The highest BCUT2D eigenvalue weighted by atomic mass is 16.3. The molecule has 0 spiro atoms. The van der Waals surface area contributed by atoms with E-state index in [1.807, 2.05) is 48.5 Å². The summed E-state index contributed by atoms with van der Waals surface area (Å²) in [6, 6.07) is 15.5. The first-order valence-corrected chi connectivity index (χ1v) is 6.42. The molecule has 0 saturated carbocycles. The smallest absolute Gasteiger partial charge is 0.227 e. The van der Waals surface area contributed by atoms with E-state index in [9.17, 15) is 4.79 Å². The number of amides is 1. The van der Waals surface area contributed by atoms with Gasteiger partial charge in [0, 0.05) is 19.0 Å². The number of rotatable bonds is 3. The molecule has 4 heteroatoms. The fourth-order valence-electron chi connectivity index (χ4n) is 1.99. The molecule has 0 bridgehead atoms. The highest BCUT2D eigenvalue weighted by molar-refractivity contribution is 5.76. The number of hydrogen-bond acceptors (Lipinski definition) is 3. The molecule has 1 aromatic heterocycles. The fraction of sp³-hybridized carbons (Fsp3) is 0.125. The molecule has 1 heterocycles. The van der Waals surface area contributed by atoms with Crippen molar-refractivity contribution < 1.29 is 9.21 Å². The lowest BCUT2D eigenvalue weighted by Crippen LogP contribution is -2.18. The van der Waals surface area contributed by atoms with Crippen LogP contribution in [0.2, 0.25) is 0 Å². The van der Waals surface area contributed by atoms with Crippen molar-refractivity contribution in [2.45, 2.75) is 13.5 Å². The number of carbonyl (C=O) groups excluding carboxylic acids is 1. The molecule has 0 unspecified atom stereocenters. The largest absolute Gasteiger partial charge is 0.436 e. The molecule has 0 radical (unpaired) electrons. The maximum Gasteiger partial charge on any atom is 0.227 e. The van der Waals surface area contributed by atoms with Gasteiger partial charge in [-0.25, -0.2) is 4.98 Å². The van der Waals surface area contributed by atoms with Gasteiger partial charge in [0.05, 0.1) is 0 Å². The Morgan fingerprint density at radius 1 is 1.15 bits per heavy atom. The summed E-state index contributed by atoms with van der Waals surface area (Å²) < 4.78 is 5.71. The van der Waals surface area contributed by atoms with Crippen LogP contribution in [0.4, 0.5) is 0 Å². The zero-order chi connectivity index (χ0) is 13.9. The average molecular weight is 266 g/mol. The maximum atomic E-state index is 10.9. The Labute approximate surface area is 116 Å². The van der Waals surface area contributed by atoms with Crippen molar-refractivity contribution in [2.75, 3.05) is 0 Å². The van der Waals surface area contributed by atoms with Gasteiger partial charge in [0.25, 0.3) is 0 Å². The van der Waals surface area contributed by atoms with Gasteiger partial charge in [-0.2, -0.15) is 0 Å². The van der Waals surface area contributed by atoms with E-state index in [1.165, 1.54) is 6.92 Å². The van der Waals surface area contributed by atoms with Crippen LogP contribution in [0, 0.1) is 0 Å². The summed E-state index contributed by atoms with van der Waals surface area (Å²) >= 11 is 0. The van der Waals surface area contributed by atoms with Crippen molar-refractivity contribution in [1.82, 2.24) is 10.3 Å². The number of nitrogens with one attached hydrogen (secondary N) is 1. The van der Waals surface area contributed by atoms with E-state index in [0.29, 0.717) is 12.4 Å². The van der Waals surface area contributed by atoms with E-state index in [2.05, 4.69) is 10.3 Å². The second-order valence-electron chi connectivity index (χ2n) is 4.59. The van der Waals surface area contributed by atoms with Crippen molar-refractivity contribution in [3.63, 3.8) is 0 Å². The number of benzene rings is 2. The second-order valence-corrected chi connectivity index (χ2v) is 4.59. The quantitative estimate of drug-likeness (QED) is 0.792. The van der Waals surface area contributed by atoms with Gasteiger partial charge in [-0.1, -0.05) is 24.3 Å². The van der Waals surface area contributed by atoms with Crippen LogP contribution in [0.3, 0.4) is 0 Å². The van der Waals surface area contributed by atoms with Crippen LogP contribution in [-0.4, -0.2) is 10.9 Å². The van der Waals surface area contributed by atoms with Crippen LogP contribution < -0.4 is 5.32 Å². The lowest BCUT2D eigenvalue weighted by Gasteiger charge is -2.02. The number of carbonyl (C=O) groups is 1. The number of para-hydroxylation sites is 2. The topological polar surface area (TPSA) is 55.1 Å². The molecule has 2 aromatic carbocycles. The van der Waals surface area contributed by atoms with E-state index in [0.717, 1.165) is 22.2 Å². The Kier molecular flexibility index (Phi) is 3.21. The lowest BCUT2D eigenvalue weighted by molar-refractivity contribution is -0.119. The molecule has 0 aliphatic carbocycles. The molecular formula is C16H14N2O2. The summed E-state index contributed by atoms with van der Waals surface area (Å²) in [7, 11) is 0. The summed E-state index contributed by atoms with van der Waals surface area (Å²) in [6.07, 6.45) is 0. The lowest BCUT2D eigenvalue weighted by atomic mass is 10.1. The molecule has 4 nitrogen and oxygen atoms in total. The van der Waals surface area contributed by atoms with E-state index in [4.69, 9.17) is 4.42 Å². The predicted octanol–water partition coefficient (Wildman–Crippen LogP) is 3.13. The predicted molar refractivity (Wildman–Crippen MR) is 77.0 cm³/mol. The minimum atomic E-state index is -0.0342. The molecule has 0 saturated heterocycles. The van der Waals surface area contributed by atoms with E-state index < -0.39 is 0 Å². The zero-order valence-electron chi connectivity index (χ0n) is 11.1. The van der Waals surface area contributed by atoms with Gasteiger partial charge in [-0.15, -0.1) is 0 Å². The fourth-order valence-corrected chi connectivity index (χ4v) is 1.99. The van der Waals surface area contributed by atoms with Crippen LogP contribution >= 0.6 is 0 Å². The Hall–Kier alpha value is -2.62. The van der Waals surface area contributed by atoms with Crippen molar-refractivity contribution in [1.29, 1.82) is 0 Å². The van der Waals surface area contributed by atoms with E-state index in [1.54, 1.807) is 0 Å². The molecule has 3 aromatic rings. The second kappa shape index (κ2) is 5.17. The third-order valence-electron chi connectivity index (χ3n) is 3.04. The molecule has 3 rings (SSSR count). The Morgan fingerprint density at radius 2 is 1.90 bits per heavy atom. The summed E-state index contributed by atoms with van der Waals surface area (Å²) in [4.78, 5) is 15.3. The molecule has 0 aliphatic rings. The number of fused-ring (bicyclic) bond motifs is 1. The van der Waals surface area contributed by atoms with Gasteiger partial charge in [0.15, 0.2) is 5.58 Å². The van der Waals surface area contributed by atoms with Crippen molar-refractivity contribution in [3.8, 4) is 11.5 Å². The van der Waals surface area contributed by atoms with Gasteiger partial charge in [-0.3, -0.25) is 4.79 Å². The first-order chi connectivity index (χ1) is 9.72. The first-order valence-electron chi connectivity index (χ1n) is 6.42.